The summed E-state index contributed by atoms with van der Waals surface area (Å²) < 4.78 is 1.72. The first-order valence-corrected chi connectivity index (χ1v) is 7.07. The molecule has 2 heterocycles. The zero-order valence-corrected chi connectivity index (χ0v) is 12.0. The molecule has 0 aromatic carbocycles. The Morgan fingerprint density at radius 1 is 1.42 bits per heavy atom. The van der Waals surface area contributed by atoms with Crippen LogP contribution in [0.15, 0.2) is 6.33 Å². The van der Waals surface area contributed by atoms with Crippen molar-refractivity contribution < 1.29 is 0 Å². The second-order valence-electron chi connectivity index (χ2n) is 5.72. The summed E-state index contributed by atoms with van der Waals surface area (Å²) >= 11 is 6.15. The van der Waals surface area contributed by atoms with Crippen LogP contribution in [0.3, 0.4) is 0 Å². The van der Waals surface area contributed by atoms with Crippen LogP contribution in [0.2, 0.25) is 5.15 Å². The van der Waals surface area contributed by atoms with Gasteiger partial charge in [-0.15, -0.1) is 0 Å². The van der Waals surface area contributed by atoms with Crippen molar-refractivity contribution in [3.8, 4) is 0 Å². The Morgan fingerprint density at radius 3 is 2.89 bits per heavy atom. The van der Waals surface area contributed by atoms with Crippen LogP contribution >= 0.6 is 11.6 Å². The molecule has 0 radical (unpaired) electrons. The molecule has 0 saturated heterocycles. The first-order valence-electron chi connectivity index (χ1n) is 6.69. The highest BCUT2D eigenvalue weighted by atomic mass is 35.5. The molecule has 1 saturated carbocycles. The van der Waals surface area contributed by atoms with Crippen LogP contribution in [0.5, 0.6) is 0 Å². The van der Waals surface area contributed by atoms with E-state index < -0.39 is 0 Å². The Kier molecular flexibility index (Phi) is 3.09. The molecule has 2 aromatic rings. The van der Waals surface area contributed by atoms with Gasteiger partial charge in [-0.1, -0.05) is 31.4 Å². The van der Waals surface area contributed by atoms with Gasteiger partial charge in [-0.3, -0.25) is 0 Å². The summed E-state index contributed by atoms with van der Waals surface area (Å²) in [5.74, 6) is 1.44. The predicted molar refractivity (Wildman–Crippen MR) is 75.6 cm³/mol. The van der Waals surface area contributed by atoms with Gasteiger partial charge in [-0.25, -0.2) is 0 Å². The zero-order chi connectivity index (χ0) is 13.5. The van der Waals surface area contributed by atoms with Gasteiger partial charge in [0, 0.05) is 12.1 Å². The van der Waals surface area contributed by atoms with Crippen LogP contribution in [0, 0.1) is 12.3 Å². The van der Waals surface area contributed by atoms with E-state index in [0.29, 0.717) is 16.3 Å². The standard InChI is InChI=1S/C13H18ClN5/c1-9-10(14)18-12-16-8-17-19(12)11(9)15-7-13(2)5-3-4-6-13/h8,15H,3-7H2,1-2H3. The minimum atomic E-state index is 0.370. The maximum atomic E-state index is 6.15. The SMILES string of the molecule is Cc1c(Cl)nc2ncnn2c1NCC1(C)CCCC1. The minimum Gasteiger partial charge on any atom is -0.369 e. The van der Waals surface area contributed by atoms with Gasteiger partial charge in [0.15, 0.2) is 0 Å². The van der Waals surface area contributed by atoms with E-state index in [9.17, 15) is 0 Å². The van der Waals surface area contributed by atoms with Gasteiger partial charge in [0.1, 0.15) is 17.3 Å². The van der Waals surface area contributed by atoms with Crippen molar-refractivity contribution in [2.24, 2.45) is 5.41 Å². The Balaban J connectivity index is 1.91. The van der Waals surface area contributed by atoms with Crippen molar-refractivity contribution in [3.63, 3.8) is 0 Å². The zero-order valence-electron chi connectivity index (χ0n) is 11.3. The molecule has 0 aliphatic heterocycles. The quantitative estimate of drug-likeness (QED) is 0.877. The van der Waals surface area contributed by atoms with Crippen LogP contribution in [-0.4, -0.2) is 26.1 Å². The number of anilines is 1. The molecule has 0 atom stereocenters. The molecule has 1 N–H and O–H groups in total. The summed E-state index contributed by atoms with van der Waals surface area (Å²) in [6, 6.07) is 0. The van der Waals surface area contributed by atoms with E-state index in [2.05, 4.69) is 27.3 Å². The fourth-order valence-corrected chi connectivity index (χ4v) is 2.97. The van der Waals surface area contributed by atoms with Crippen molar-refractivity contribution in [2.75, 3.05) is 11.9 Å². The van der Waals surface area contributed by atoms with E-state index in [1.54, 1.807) is 4.52 Å². The summed E-state index contributed by atoms with van der Waals surface area (Å²) in [4.78, 5) is 8.30. The number of fused-ring (bicyclic) bond motifs is 1. The average molecular weight is 280 g/mol. The average Bonchev–Trinajstić information content (AvgIpc) is 2.99. The maximum Gasteiger partial charge on any atom is 0.255 e. The molecule has 0 amide bonds. The molecule has 0 bridgehead atoms. The molecule has 0 unspecified atom stereocenters. The van der Waals surface area contributed by atoms with Crippen LogP contribution in [-0.2, 0) is 0 Å². The molecule has 1 fully saturated rings. The lowest BCUT2D eigenvalue weighted by Crippen LogP contribution is -2.24. The fourth-order valence-electron chi connectivity index (χ4n) is 2.81. The normalized spacial score (nSPS) is 18.1. The van der Waals surface area contributed by atoms with Crippen LogP contribution < -0.4 is 5.32 Å². The van der Waals surface area contributed by atoms with Crippen molar-refractivity contribution in [1.82, 2.24) is 19.6 Å². The van der Waals surface area contributed by atoms with Crippen molar-refractivity contribution in [1.29, 1.82) is 0 Å². The van der Waals surface area contributed by atoms with Crippen LogP contribution in [0.4, 0.5) is 5.82 Å². The lowest BCUT2D eigenvalue weighted by atomic mass is 9.89. The smallest absolute Gasteiger partial charge is 0.255 e. The third-order valence-electron chi connectivity index (χ3n) is 4.10. The van der Waals surface area contributed by atoms with E-state index in [1.807, 2.05) is 6.92 Å². The van der Waals surface area contributed by atoms with E-state index in [0.717, 1.165) is 17.9 Å². The number of halogens is 1. The molecule has 0 spiro atoms. The Hall–Kier alpha value is -1.36. The number of nitrogens with one attached hydrogen (secondary N) is 1. The first-order chi connectivity index (χ1) is 9.09. The second kappa shape index (κ2) is 4.63. The van der Waals surface area contributed by atoms with Gasteiger partial charge in [0.25, 0.3) is 5.78 Å². The molecule has 3 rings (SSSR count). The Bertz CT molecular complexity index is 600. The lowest BCUT2D eigenvalue weighted by Gasteiger charge is -2.25. The number of aromatic nitrogens is 4. The van der Waals surface area contributed by atoms with Crippen molar-refractivity contribution in [3.05, 3.63) is 17.0 Å². The minimum absolute atomic E-state index is 0.370. The summed E-state index contributed by atoms with van der Waals surface area (Å²) in [5, 5.41) is 8.20. The summed E-state index contributed by atoms with van der Waals surface area (Å²) in [5.41, 5.74) is 1.29. The largest absolute Gasteiger partial charge is 0.369 e. The second-order valence-corrected chi connectivity index (χ2v) is 6.08. The summed E-state index contributed by atoms with van der Waals surface area (Å²) in [6.07, 6.45) is 6.71. The molecule has 1 aliphatic carbocycles. The molecule has 1 aliphatic rings. The maximum absolute atomic E-state index is 6.15. The van der Waals surface area contributed by atoms with Gasteiger partial charge >= 0.3 is 0 Å². The topological polar surface area (TPSA) is 55.1 Å². The van der Waals surface area contributed by atoms with E-state index in [1.165, 1.54) is 32.0 Å². The van der Waals surface area contributed by atoms with Crippen LogP contribution in [0.25, 0.3) is 5.78 Å². The Morgan fingerprint density at radius 2 is 2.16 bits per heavy atom. The Labute approximate surface area is 117 Å². The van der Waals surface area contributed by atoms with Gasteiger partial charge in [0.05, 0.1) is 0 Å². The molecule has 19 heavy (non-hydrogen) atoms. The molecular formula is C13H18ClN5. The molecule has 6 heteroatoms. The number of nitrogens with zero attached hydrogens (tertiary/aromatic N) is 4. The predicted octanol–water partition coefficient (Wildman–Crippen LogP) is 3.08. The van der Waals surface area contributed by atoms with Gasteiger partial charge in [-0.05, 0) is 25.2 Å². The number of hydrogen-bond donors (Lipinski definition) is 1. The van der Waals surface area contributed by atoms with E-state index in [-0.39, 0.29) is 0 Å². The molecule has 5 nitrogen and oxygen atoms in total. The van der Waals surface area contributed by atoms with E-state index >= 15 is 0 Å². The summed E-state index contributed by atoms with van der Waals surface area (Å²) in [7, 11) is 0. The van der Waals surface area contributed by atoms with Gasteiger partial charge in [-0.2, -0.15) is 19.6 Å². The highest BCUT2D eigenvalue weighted by Gasteiger charge is 2.28. The van der Waals surface area contributed by atoms with Crippen molar-refractivity contribution in [2.45, 2.75) is 39.5 Å². The fraction of sp³-hybridized carbons (Fsp3) is 0.615. The van der Waals surface area contributed by atoms with Crippen molar-refractivity contribution >= 4 is 23.2 Å². The molecular weight excluding hydrogens is 262 g/mol. The molecule has 2 aromatic heterocycles. The van der Waals surface area contributed by atoms with Gasteiger partial charge < -0.3 is 5.32 Å². The van der Waals surface area contributed by atoms with E-state index in [4.69, 9.17) is 11.6 Å². The highest BCUT2D eigenvalue weighted by Crippen LogP contribution is 2.37. The first kappa shape index (κ1) is 12.7. The number of rotatable bonds is 3. The van der Waals surface area contributed by atoms with Crippen LogP contribution in [0.1, 0.15) is 38.2 Å². The third-order valence-corrected chi connectivity index (χ3v) is 4.47. The van der Waals surface area contributed by atoms with Gasteiger partial charge in [0.2, 0.25) is 0 Å². The summed E-state index contributed by atoms with van der Waals surface area (Å²) in [6.45, 7) is 5.22. The molecule has 102 valence electrons. The lowest BCUT2D eigenvalue weighted by molar-refractivity contribution is 0.361. The third kappa shape index (κ3) is 2.27. The number of hydrogen-bond acceptors (Lipinski definition) is 4. The highest BCUT2D eigenvalue weighted by molar-refractivity contribution is 6.30. The monoisotopic (exact) mass is 279 g/mol.